The first-order chi connectivity index (χ1) is 11.7. The highest BCUT2D eigenvalue weighted by Gasteiger charge is 2.17. The van der Waals surface area contributed by atoms with Crippen molar-refractivity contribution in [3.05, 3.63) is 65.4 Å². The molecule has 6 heteroatoms. The first kappa shape index (κ1) is 18.6. The van der Waals surface area contributed by atoms with Crippen molar-refractivity contribution in [3.63, 3.8) is 0 Å². The first-order valence-corrected chi connectivity index (χ1v) is 9.21. The molecule has 0 aromatic heterocycles. The summed E-state index contributed by atoms with van der Waals surface area (Å²) < 4.78 is 27.8. The SMILES string of the molecule is Cc1cccc(S(=O)(=O)Nc2ccc(/C(C#N)=C/N(C)C)cc2)c1C. The second-order valence-electron chi connectivity index (χ2n) is 6.00. The van der Waals surface area contributed by atoms with Crippen LogP contribution in [0.15, 0.2) is 53.6 Å². The molecule has 0 saturated carbocycles. The summed E-state index contributed by atoms with van der Waals surface area (Å²) in [6.45, 7) is 3.67. The Hall–Kier alpha value is -2.78. The van der Waals surface area contributed by atoms with Crippen LogP contribution in [0, 0.1) is 25.2 Å². The van der Waals surface area contributed by atoms with Crippen LogP contribution < -0.4 is 4.72 Å². The number of allylic oxidation sites excluding steroid dienone is 1. The number of benzene rings is 2. The third kappa shape index (κ3) is 4.40. The standard InChI is InChI=1S/C19H21N3O2S/c1-14-6-5-7-19(15(14)2)25(23,24)21-18-10-8-16(9-11-18)17(12-20)13-22(3)4/h5-11,13,21H,1-4H3/b17-13+. The fourth-order valence-corrected chi connectivity index (χ4v) is 3.75. The zero-order valence-corrected chi connectivity index (χ0v) is 15.6. The molecule has 0 heterocycles. The van der Waals surface area contributed by atoms with E-state index < -0.39 is 10.0 Å². The van der Waals surface area contributed by atoms with E-state index in [0.717, 1.165) is 16.7 Å². The molecule has 0 saturated heterocycles. The second kappa shape index (κ2) is 7.41. The van der Waals surface area contributed by atoms with Gasteiger partial charge in [-0.3, -0.25) is 4.72 Å². The van der Waals surface area contributed by atoms with Crippen LogP contribution in [0.3, 0.4) is 0 Å². The van der Waals surface area contributed by atoms with E-state index in [0.29, 0.717) is 11.3 Å². The van der Waals surface area contributed by atoms with E-state index in [1.54, 1.807) is 54.4 Å². The van der Waals surface area contributed by atoms with Gasteiger partial charge in [0.2, 0.25) is 0 Å². The van der Waals surface area contributed by atoms with Gasteiger partial charge in [0.25, 0.3) is 10.0 Å². The number of nitriles is 1. The highest BCUT2D eigenvalue weighted by atomic mass is 32.2. The minimum Gasteiger partial charge on any atom is -0.382 e. The first-order valence-electron chi connectivity index (χ1n) is 7.72. The largest absolute Gasteiger partial charge is 0.382 e. The van der Waals surface area contributed by atoms with Crippen molar-refractivity contribution in [3.8, 4) is 6.07 Å². The summed E-state index contributed by atoms with van der Waals surface area (Å²) in [5.74, 6) is 0. The zero-order valence-electron chi connectivity index (χ0n) is 14.7. The third-order valence-electron chi connectivity index (χ3n) is 3.80. The fourth-order valence-electron chi connectivity index (χ4n) is 2.37. The highest BCUT2D eigenvalue weighted by molar-refractivity contribution is 7.92. The molecule has 5 nitrogen and oxygen atoms in total. The van der Waals surface area contributed by atoms with Crippen molar-refractivity contribution in [2.75, 3.05) is 18.8 Å². The quantitative estimate of drug-likeness (QED) is 0.833. The molecule has 0 radical (unpaired) electrons. The van der Waals surface area contributed by atoms with Gasteiger partial charge in [0.05, 0.1) is 10.5 Å². The van der Waals surface area contributed by atoms with Gasteiger partial charge in [0.1, 0.15) is 6.07 Å². The minimum absolute atomic E-state index is 0.266. The molecular weight excluding hydrogens is 334 g/mol. The van der Waals surface area contributed by atoms with Crippen LogP contribution in [-0.2, 0) is 10.0 Å². The zero-order chi connectivity index (χ0) is 18.6. The Balaban J connectivity index is 2.30. The van der Waals surface area contributed by atoms with Crippen molar-refractivity contribution in [2.45, 2.75) is 18.7 Å². The van der Waals surface area contributed by atoms with Gasteiger partial charge in [0, 0.05) is 26.0 Å². The lowest BCUT2D eigenvalue weighted by Crippen LogP contribution is -2.14. The Morgan fingerprint density at radius 2 is 1.76 bits per heavy atom. The molecule has 0 atom stereocenters. The maximum atomic E-state index is 12.6. The van der Waals surface area contributed by atoms with E-state index in [1.807, 2.05) is 27.1 Å². The van der Waals surface area contributed by atoms with Crippen LogP contribution in [0.25, 0.3) is 5.57 Å². The molecule has 25 heavy (non-hydrogen) atoms. The lowest BCUT2D eigenvalue weighted by atomic mass is 10.1. The molecule has 2 rings (SSSR count). The Morgan fingerprint density at radius 3 is 2.32 bits per heavy atom. The Labute approximate surface area is 149 Å². The van der Waals surface area contributed by atoms with Gasteiger partial charge in [-0.05, 0) is 48.7 Å². The molecule has 0 aliphatic carbocycles. The number of nitrogens with zero attached hydrogens (tertiary/aromatic N) is 2. The van der Waals surface area contributed by atoms with Crippen LogP contribution in [-0.4, -0.2) is 27.4 Å². The Morgan fingerprint density at radius 1 is 1.12 bits per heavy atom. The molecule has 0 spiro atoms. The molecular formula is C19H21N3O2S. The predicted octanol–water partition coefficient (Wildman–Crippen LogP) is 3.53. The lowest BCUT2D eigenvalue weighted by molar-refractivity contribution is 0.566. The van der Waals surface area contributed by atoms with Crippen LogP contribution in [0.2, 0.25) is 0 Å². The second-order valence-corrected chi connectivity index (χ2v) is 7.65. The third-order valence-corrected chi connectivity index (χ3v) is 5.33. The lowest BCUT2D eigenvalue weighted by Gasteiger charge is -2.12. The van der Waals surface area contributed by atoms with Crippen LogP contribution >= 0.6 is 0 Å². The molecule has 2 aromatic carbocycles. The Kier molecular flexibility index (Phi) is 5.50. The van der Waals surface area contributed by atoms with Crippen molar-refractivity contribution in [1.82, 2.24) is 4.90 Å². The molecule has 0 aliphatic heterocycles. The molecule has 130 valence electrons. The van der Waals surface area contributed by atoms with Crippen molar-refractivity contribution < 1.29 is 8.42 Å². The predicted molar refractivity (Wildman–Crippen MR) is 100 cm³/mol. The molecule has 1 N–H and O–H groups in total. The number of sulfonamides is 1. The molecule has 2 aromatic rings. The normalized spacial score (nSPS) is 11.7. The van der Waals surface area contributed by atoms with E-state index in [1.165, 1.54) is 0 Å². The number of rotatable bonds is 5. The summed E-state index contributed by atoms with van der Waals surface area (Å²) in [4.78, 5) is 2.05. The van der Waals surface area contributed by atoms with Gasteiger partial charge in [-0.2, -0.15) is 5.26 Å². The average Bonchev–Trinajstić information content (AvgIpc) is 2.55. The number of nitrogens with one attached hydrogen (secondary N) is 1. The number of hydrogen-bond acceptors (Lipinski definition) is 4. The summed E-state index contributed by atoms with van der Waals surface area (Å²) in [5.41, 5.74) is 3.34. The van der Waals surface area contributed by atoms with Crippen LogP contribution in [0.1, 0.15) is 16.7 Å². The van der Waals surface area contributed by atoms with Gasteiger partial charge in [-0.1, -0.05) is 24.3 Å². The molecule has 0 amide bonds. The number of anilines is 1. The molecule has 0 aliphatic rings. The maximum Gasteiger partial charge on any atom is 0.262 e. The van der Waals surface area contributed by atoms with Gasteiger partial charge >= 0.3 is 0 Å². The summed E-state index contributed by atoms with van der Waals surface area (Å²) in [5, 5.41) is 9.23. The Bertz CT molecular complexity index is 938. The van der Waals surface area contributed by atoms with E-state index in [9.17, 15) is 13.7 Å². The van der Waals surface area contributed by atoms with Gasteiger partial charge in [0.15, 0.2) is 0 Å². The van der Waals surface area contributed by atoms with Crippen molar-refractivity contribution in [1.29, 1.82) is 5.26 Å². The molecule has 0 unspecified atom stereocenters. The van der Waals surface area contributed by atoms with Crippen LogP contribution in [0.5, 0.6) is 0 Å². The van der Waals surface area contributed by atoms with Crippen molar-refractivity contribution in [2.24, 2.45) is 0 Å². The fraction of sp³-hybridized carbons (Fsp3) is 0.211. The smallest absolute Gasteiger partial charge is 0.262 e. The van der Waals surface area contributed by atoms with E-state index >= 15 is 0 Å². The van der Waals surface area contributed by atoms with Crippen molar-refractivity contribution >= 4 is 21.3 Å². The maximum absolute atomic E-state index is 12.6. The summed E-state index contributed by atoms with van der Waals surface area (Å²) in [6, 6.07) is 14.1. The van der Waals surface area contributed by atoms with E-state index in [2.05, 4.69) is 10.8 Å². The van der Waals surface area contributed by atoms with E-state index in [-0.39, 0.29) is 4.90 Å². The number of aryl methyl sites for hydroxylation is 1. The summed E-state index contributed by atoms with van der Waals surface area (Å²) >= 11 is 0. The summed E-state index contributed by atoms with van der Waals surface area (Å²) in [7, 11) is 0.0126. The van der Waals surface area contributed by atoms with Gasteiger partial charge in [-0.25, -0.2) is 8.42 Å². The topological polar surface area (TPSA) is 73.2 Å². The van der Waals surface area contributed by atoms with E-state index in [4.69, 9.17) is 0 Å². The number of hydrogen-bond donors (Lipinski definition) is 1. The van der Waals surface area contributed by atoms with Gasteiger partial charge in [-0.15, -0.1) is 0 Å². The molecule has 0 fully saturated rings. The monoisotopic (exact) mass is 355 g/mol. The highest BCUT2D eigenvalue weighted by Crippen LogP contribution is 2.23. The van der Waals surface area contributed by atoms with Gasteiger partial charge < -0.3 is 4.90 Å². The van der Waals surface area contributed by atoms with Crippen LogP contribution in [0.4, 0.5) is 5.69 Å². The average molecular weight is 355 g/mol. The molecule has 0 bridgehead atoms. The summed E-state index contributed by atoms with van der Waals surface area (Å²) in [6.07, 6.45) is 1.72. The minimum atomic E-state index is -3.66.